The number of allylic oxidation sites excluding steroid dienone is 1. The minimum atomic E-state index is -0.111. The summed E-state index contributed by atoms with van der Waals surface area (Å²) in [6.07, 6.45) is 9.92. The normalized spacial score (nSPS) is 27.0. The molecule has 1 amide bonds. The van der Waals surface area contributed by atoms with Crippen molar-refractivity contribution in [3.8, 4) is 0 Å². The molecular weight excluding hydrogens is 327 g/mol. The molecular formula is C22H29FN2O. The van der Waals surface area contributed by atoms with Crippen molar-refractivity contribution in [1.82, 2.24) is 9.80 Å². The molecule has 0 radical (unpaired) electrons. The Bertz CT molecular complexity index is 701. The van der Waals surface area contributed by atoms with Crippen LogP contribution in [0.4, 0.5) is 4.39 Å². The van der Waals surface area contributed by atoms with E-state index in [9.17, 15) is 9.18 Å². The van der Waals surface area contributed by atoms with Crippen LogP contribution in [0.5, 0.6) is 0 Å². The summed E-state index contributed by atoms with van der Waals surface area (Å²) in [4.78, 5) is 17.3. The first-order chi connectivity index (χ1) is 12.7. The summed E-state index contributed by atoms with van der Waals surface area (Å²) in [7, 11) is 0. The van der Waals surface area contributed by atoms with Crippen LogP contribution in [0.25, 0.3) is 0 Å². The van der Waals surface area contributed by atoms with E-state index in [0.717, 1.165) is 69.4 Å². The van der Waals surface area contributed by atoms with Crippen LogP contribution in [-0.4, -0.2) is 41.9 Å². The molecule has 1 atom stereocenters. The molecule has 0 saturated carbocycles. The second-order valence-electron chi connectivity index (χ2n) is 8.36. The van der Waals surface area contributed by atoms with Gasteiger partial charge >= 0.3 is 0 Å². The maximum absolute atomic E-state index is 14.0. The predicted molar refractivity (Wildman–Crippen MR) is 101 cm³/mol. The molecule has 1 aromatic carbocycles. The lowest BCUT2D eigenvalue weighted by molar-refractivity contribution is -0.127. The van der Waals surface area contributed by atoms with Crippen molar-refractivity contribution >= 4 is 5.91 Å². The van der Waals surface area contributed by atoms with Crippen molar-refractivity contribution in [2.45, 2.75) is 51.5 Å². The monoisotopic (exact) mass is 356 g/mol. The van der Waals surface area contributed by atoms with E-state index in [1.54, 1.807) is 12.1 Å². The quantitative estimate of drug-likeness (QED) is 0.813. The first-order valence-corrected chi connectivity index (χ1v) is 10.1. The summed E-state index contributed by atoms with van der Waals surface area (Å²) < 4.78 is 14.0. The van der Waals surface area contributed by atoms with Gasteiger partial charge in [-0.05, 0) is 57.6 Å². The SMILES string of the molecule is O=C(C1=CCCCC1)N1CC[C@]2(CCCN(Cc3ccccc3F)C2)C1. The molecule has 1 spiro atoms. The molecule has 4 heteroatoms. The first-order valence-electron chi connectivity index (χ1n) is 10.1. The Labute approximate surface area is 155 Å². The van der Waals surface area contributed by atoms with Crippen molar-refractivity contribution in [2.75, 3.05) is 26.2 Å². The number of piperidine rings is 1. The molecule has 140 valence electrons. The van der Waals surface area contributed by atoms with Gasteiger partial charge in [0.1, 0.15) is 5.82 Å². The smallest absolute Gasteiger partial charge is 0.249 e. The molecule has 1 aliphatic carbocycles. The summed E-state index contributed by atoms with van der Waals surface area (Å²) in [6, 6.07) is 7.09. The molecule has 3 nitrogen and oxygen atoms in total. The molecule has 2 saturated heterocycles. The zero-order chi connectivity index (χ0) is 18.0. The highest BCUT2D eigenvalue weighted by Gasteiger charge is 2.43. The van der Waals surface area contributed by atoms with Crippen LogP contribution in [0.15, 0.2) is 35.9 Å². The second-order valence-corrected chi connectivity index (χ2v) is 8.36. The summed E-state index contributed by atoms with van der Waals surface area (Å²) in [5, 5.41) is 0. The highest BCUT2D eigenvalue weighted by atomic mass is 19.1. The number of carbonyl (C=O) groups is 1. The zero-order valence-corrected chi connectivity index (χ0v) is 15.6. The molecule has 3 aliphatic rings. The maximum atomic E-state index is 14.0. The van der Waals surface area contributed by atoms with Crippen LogP contribution in [-0.2, 0) is 11.3 Å². The zero-order valence-electron chi connectivity index (χ0n) is 15.6. The lowest BCUT2D eigenvalue weighted by atomic mass is 9.79. The number of amides is 1. The molecule has 0 N–H and O–H groups in total. The Morgan fingerprint density at radius 1 is 1.08 bits per heavy atom. The van der Waals surface area contributed by atoms with Crippen LogP contribution in [0.3, 0.4) is 0 Å². The first kappa shape index (κ1) is 17.7. The number of rotatable bonds is 3. The van der Waals surface area contributed by atoms with Gasteiger partial charge in [-0.1, -0.05) is 24.3 Å². The summed E-state index contributed by atoms with van der Waals surface area (Å²) in [6.45, 7) is 4.42. The minimum Gasteiger partial charge on any atom is -0.338 e. The van der Waals surface area contributed by atoms with Gasteiger partial charge in [-0.2, -0.15) is 0 Å². The Kier molecular flexibility index (Phi) is 5.12. The lowest BCUT2D eigenvalue weighted by Crippen LogP contribution is -2.45. The summed E-state index contributed by atoms with van der Waals surface area (Å²) >= 11 is 0. The van der Waals surface area contributed by atoms with E-state index in [4.69, 9.17) is 0 Å². The lowest BCUT2D eigenvalue weighted by Gasteiger charge is -2.40. The van der Waals surface area contributed by atoms with Crippen LogP contribution >= 0.6 is 0 Å². The third-order valence-electron chi connectivity index (χ3n) is 6.38. The second kappa shape index (κ2) is 7.51. The minimum absolute atomic E-state index is 0.111. The largest absolute Gasteiger partial charge is 0.338 e. The fourth-order valence-electron chi connectivity index (χ4n) is 4.99. The number of benzene rings is 1. The third-order valence-corrected chi connectivity index (χ3v) is 6.38. The average Bonchev–Trinajstić information content (AvgIpc) is 3.07. The van der Waals surface area contributed by atoms with Crippen LogP contribution in [0.1, 0.15) is 50.5 Å². The Hall–Kier alpha value is -1.68. The van der Waals surface area contributed by atoms with E-state index in [0.29, 0.717) is 6.54 Å². The van der Waals surface area contributed by atoms with Crippen molar-refractivity contribution in [3.63, 3.8) is 0 Å². The van der Waals surface area contributed by atoms with E-state index in [1.807, 2.05) is 12.1 Å². The highest BCUT2D eigenvalue weighted by molar-refractivity contribution is 5.93. The fraction of sp³-hybridized carbons (Fsp3) is 0.591. The Morgan fingerprint density at radius 2 is 1.96 bits per heavy atom. The number of likely N-dealkylation sites (tertiary alicyclic amines) is 2. The van der Waals surface area contributed by atoms with Gasteiger partial charge in [-0.25, -0.2) is 4.39 Å². The van der Waals surface area contributed by atoms with Gasteiger partial charge in [0, 0.05) is 42.7 Å². The molecule has 1 aromatic rings. The van der Waals surface area contributed by atoms with Gasteiger partial charge in [-0.3, -0.25) is 9.69 Å². The molecule has 0 unspecified atom stereocenters. The van der Waals surface area contributed by atoms with Gasteiger partial charge in [-0.15, -0.1) is 0 Å². The Morgan fingerprint density at radius 3 is 2.77 bits per heavy atom. The van der Waals surface area contributed by atoms with Gasteiger partial charge < -0.3 is 4.90 Å². The summed E-state index contributed by atoms with van der Waals surface area (Å²) in [5.41, 5.74) is 2.02. The molecule has 2 aliphatic heterocycles. The standard InChI is InChI=1S/C22H29FN2O/c23-20-10-5-4-9-19(20)15-24-13-6-11-22(16-24)12-14-25(17-22)21(26)18-7-2-1-3-8-18/h4-5,7,9-10H,1-3,6,8,11-17H2/t22-/m0/s1. The van der Waals surface area contributed by atoms with Crippen LogP contribution < -0.4 is 0 Å². The molecule has 0 bridgehead atoms. The fourth-order valence-corrected chi connectivity index (χ4v) is 4.99. The van der Waals surface area contributed by atoms with Gasteiger partial charge in [0.2, 0.25) is 5.91 Å². The number of carbonyl (C=O) groups excluding carboxylic acids is 1. The average molecular weight is 356 g/mol. The highest BCUT2D eigenvalue weighted by Crippen LogP contribution is 2.40. The van der Waals surface area contributed by atoms with E-state index in [-0.39, 0.29) is 17.1 Å². The molecule has 4 rings (SSSR count). The van der Waals surface area contributed by atoms with Crippen LogP contribution in [0.2, 0.25) is 0 Å². The predicted octanol–water partition coefficient (Wildman–Crippen LogP) is 4.14. The van der Waals surface area contributed by atoms with Crippen molar-refractivity contribution in [2.24, 2.45) is 5.41 Å². The molecule has 26 heavy (non-hydrogen) atoms. The maximum Gasteiger partial charge on any atom is 0.249 e. The van der Waals surface area contributed by atoms with Crippen molar-refractivity contribution in [3.05, 3.63) is 47.3 Å². The number of hydrogen-bond acceptors (Lipinski definition) is 2. The van der Waals surface area contributed by atoms with E-state index in [1.165, 1.54) is 12.8 Å². The van der Waals surface area contributed by atoms with Crippen LogP contribution in [0, 0.1) is 11.2 Å². The van der Waals surface area contributed by atoms with Gasteiger partial charge in [0.15, 0.2) is 0 Å². The number of nitrogens with zero attached hydrogens (tertiary/aromatic N) is 2. The molecule has 0 aromatic heterocycles. The summed E-state index contributed by atoms with van der Waals surface area (Å²) in [5.74, 6) is 0.160. The van der Waals surface area contributed by atoms with E-state index in [2.05, 4.69) is 15.9 Å². The van der Waals surface area contributed by atoms with E-state index < -0.39 is 0 Å². The number of halogens is 1. The van der Waals surface area contributed by atoms with Gasteiger partial charge in [0.25, 0.3) is 0 Å². The molecule has 2 heterocycles. The van der Waals surface area contributed by atoms with Gasteiger partial charge in [0.05, 0.1) is 0 Å². The number of hydrogen-bond donors (Lipinski definition) is 0. The molecule has 2 fully saturated rings. The van der Waals surface area contributed by atoms with Crippen molar-refractivity contribution in [1.29, 1.82) is 0 Å². The third kappa shape index (κ3) is 3.71. The van der Waals surface area contributed by atoms with Crippen molar-refractivity contribution < 1.29 is 9.18 Å². The topological polar surface area (TPSA) is 23.6 Å². The van der Waals surface area contributed by atoms with E-state index >= 15 is 0 Å². The Balaban J connectivity index is 1.40.